The molecule has 2 aromatic rings. The third-order valence-electron chi connectivity index (χ3n) is 3.23. The van der Waals surface area contributed by atoms with E-state index in [-0.39, 0.29) is 11.7 Å². The van der Waals surface area contributed by atoms with Crippen molar-refractivity contribution >= 4 is 23.4 Å². The number of para-hydroxylation sites is 1. The highest BCUT2D eigenvalue weighted by atomic mass is 32.2. The fourth-order valence-electron chi connectivity index (χ4n) is 2.19. The van der Waals surface area contributed by atoms with Gasteiger partial charge in [0.2, 0.25) is 11.1 Å². The van der Waals surface area contributed by atoms with Crippen molar-refractivity contribution in [2.24, 2.45) is 5.92 Å². The van der Waals surface area contributed by atoms with E-state index in [1.807, 2.05) is 24.3 Å². The van der Waals surface area contributed by atoms with Crippen LogP contribution in [0.2, 0.25) is 0 Å². The summed E-state index contributed by atoms with van der Waals surface area (Å²) in [7, 11) is 0. The van der Waals surface area contributed by atoms with Crippen molar-refractivity contribution in [1.82, 2.24) is 20.2 Å². The largest absolute Gasteiger partial charge is 0.325 e. The summed E-state index contributed by atoms with van der Waals surface area (Å²) >= 11 is 1.35. The van der Waals surface area contributed by atoms with Gasteiger partial charge in [-0.25, -0.2) is 4.68 Å². The minimum Gasteiger partial charge on any atom is -0.325 e. The summed E-state index contributed by atoms with van der Waals surface area (Å²) in [4.78, 5) is 12.2. The molecule has 0 saturated carbocycles. The first-order valence-corrected chi connectivity index (χ1v) is 8.73. The number of aromatic nitrogens is 4. The molecule has 0 unspecified atom stereocenters. The second kappa shape index (κ2) is 8.10. The van der Waals surface area contributed by atoms with Gasteiger partial charge < -0.3 is 5.32 Å². The number of carbonyl (C=O) groups excluding carboxylic acids is 1. The third kappa shape index (κ3) is 5.06. The zero-order chi connectivity index (χ0) is 16.8. The predicted octanol–water partition coefficient (Wildman–Crippen LogP) is 3.18. The first-order valence-electron chi connectivity index (χ1n) is 7.75. The Morgan fingerprint density at radius 3 is 2.70 bits per heavy atom. The van der Waals surface area contributed by atoms with Gasteiger partial charge in [0, 0.05) is 12.2 Å². The summed E-state index contributed by atoms with van der Waals surface area (Å²) in [5.74, 6) is 1.04. The van der Waals surface area contributed by atoms with Crippen LogP contribution in [0.3, 0.4) is 0 Å². The number of nitrogens with zero attached hydrogens (tertiary/aromatic N) is 4. The van der Waals surface area contributed by atoms with E-state index in [4.69, 9.17) is 0 Å². The minimum atomic E-state index is -0.0535. The van der Waals surface area contributed by atoms with Crippen LogP contribution in [0.25, 0.3) is 0 Å². The lowest BCUT2D eigenvalue weighted by atomic mass is 10.0. The maximum absolute atomic E-state index is 12.2. The number of tetrazole rings is 1. The van der Waals surface area contributed by atoms with E-state index in [0.29, 0.717) is 17.0 Å². The van der Waals surface area contributed by atoms with Gasteiger partial charge >= 0.3 is 0 Å². The number of nitrogens with one attached hydrogen (secondary N) is 1. The molecule has 7 heteroatoms. The Morgan fingerprint density at radius 2 is 2.00 bits per heavy atom. The lowest BCUT2D eigenvalue weighted by molar-refractivity contribution is -0.113. The highest BCUT2D eigenvalue weighted by molar-refractivity contribution is 7.99. The first kappa shape index (κ1) is 17.5. The van der Waals surface area contributed by atoms with E-state index in [1.54, 1.807) is 4.68 Å². The number of rotatable bonds is 7. The fraction of sp³-hybridized carbons (Fsp3) is 0.500. The molecule has 2 rings (SSSR count). The van der Waals surface area contributed by atoms with Gasteiger partial charge in [0.15, 0.2) is 0 Å². The molecule has 6 nitrogen and oxygen atoms in total. The Bertz CT molecular complexity index is 653. The van der Waals surface area contributed by atoms with Crippen LogP contribution in [-0.4, -0.2) is 31.9 Å². The summed E-state index contributed by atoms with van der Waals surface area (Å²) in [5.41, 5.74) is 2.00. The van der Waals surface area contributed by atoms with Crippen LogP contribution in [0.4, 0.5) is 5.69 Å². The molecule has 0 aliphatic rings. The van der Waals surface area contributed by atoms with Gasteiger partial charge in [-0.1, -0.05) is 57.7 Å². The second-order valence-electron chi connectivity index (χ2n) is 6.12. The molecule has 124 valence electrons. The lowest BCUT2D eigenvalue weighted by Gasteiger charge is -2.13. The van der Waals surface area contributed by atoms with Crippen LogP contribution in [0.15, 0.2) is 29.4 Å². The van der Waals surface area contributed by atoms with Gasteiger partial charge in [0.25, 0.3) is 0 Å². The van der Waals surface area contributed by atoms with Crippen molar-refractivity contribution in [3.05, 3.63) is 29.8 Å². The molecular formula is C16H23N5OS. The molecule has 23 heavy (non-hydrogen) atoms. The van der Waals surface area contributed by atoms with Gasteiger partial charge in [-0.15, -0.1) is 5.10 Å². The molecule has 1 amide bonds. The highest BCUT2D eigenvalue weighted by Crippen LogP contribution is 2.24. The van der Waals surface area contributed by atoms with Crippen molar-refractivity contribution in [1.29, 1.82) is 0 Å². The number of hydrogen-bond acceptors (Lipinski definition) is 5. The van der Waals surface area contributed by atoms with Crippen LogP contribution in [0, 0.1) is 5.92 Å². The van der Waals surface area contributed by atoms with E-state index in [0.717, 1.165) is 17.8 Å². The minimum absolute atomic E-state index is 0.0535. The number of thioether (sulfide) groups is 1. The summed E-state index contributed by atoms with van der Waals surface area (Å²) in [6.45, 7) is 9.17. The van der Waals surface area contributed by atoms with Crippen LogP contribution < -0.4 is 5.32 Å². The van der Waals surface area contributed by atoms with Gasteiger partial charge in [-0.2, -0.15) is 0 Å². The zero-order valence-corrected chi connectivity index (χ0v) is 14.8. The quantitative estimate of drug-likeness (QED) is 0.788. The maximum Gasteiger partial charge on any atom is 0.234 e. The Labute approximate surface area is 141 Å². The molecular weight excluding hydrogens is 310 g/mol. The summed E-state index contributed by atoms with van der Waals surface area (Å²) in [6.07, 6.45) is 0. The molecule has 0 atom stereocenters. The molecule has 0 spiro atoms. The average Bonchev–Trinajstić information content (AvgIpc) is 2.92. The molecule has 1 aromatic heterocycles. The molecule has 1 heterocycles. The van der Waals surface area contributed by atoms with Crippen molar-refractivity contribution in [3.8, 4) is 0 Å². The fourth-order valence-corrected chi connectivity index (χ4v) is 2.88. The molecule has 1 N–H and O–H groups in total. The molecule has 0 aliphatic carbocycles. The van der Waals surface area contributed by atoms with Crippen molar-refractivity contribution < 1.29 is 4.79 Å². The lowest BCUT2D eigenvalue weighted by Crippen LogP contribution is -2.16. The van der Waals surface area contributed by atoms with Crippen LogP contribution in [0.1, 0.15) is 39.2 Å². The normalized spacial score (nSPS) is 11.2. The van der Waals surface area contributed by atoms with E-state index in [1.165, 1.54) is 11.8 Å². The zero-order valence-electron chi connectivity index (χ0n) is 14.0. The Morgan fingerprint density at radius 1 is 1.26 bits per heavy atom. The van der Waals surface area contributed by atoms with Crippen LogP contribution in [0.5, 0.6) is 0 Å². The van der Waals surface area contributed by atoms with E-state index in [9.17, 15) is 4.79 Å². The molecule has 0 saturated heterocycles. The number of anilines is 1. The number of amides is 1. The van der Waals surface area contributed by atoms with Gasteiger partial charge in [0.05, 0.1) is 5.75 Å². The smallest absolute Gasteiger partial charge is 0.234 e. The van der Waals surface area contributed by atoms with Crippen molar-refractivity contribution in [2.45, 2.75) is 45.3 Å². The summed E-state index contributed by atoms with van der Waals surface area (Å²) in [5, 5.41) is 15.3. The third-order valence-corrected chi connectivity index (χ3v) is 4.18. The van der Waals surface area contributed by atoms with Crippen molar-refractivity contribution in [3.63, 3.8) is 0 Å². The standard InChI is InChI=1S/C16H23N5OS/c1-11(2)9-21-16(18-19-20-21)23-10-15(22)17-14-8-6-5-7-13(14)12(3)4/h5-8,11-12H,9-10H2,1-4H3,(H,17,22). The number of hydrogen-bond donors (Lipinski definition) is 1. The van der Waals surface area contributed by atoms with Crippen LogP contribution in [-0.2, 0) is 11.3 Å². The molecule has 0 radical (unpaired) electrons. The maximum atomic E-state index is 12.2. The summed E-state index contributed by atoms with van der Waals surface area (Å²) in [6, 6.07) is 7.88. The Balaban J connectivity index is 1.95. The Hall–Kier alpha value is -1.89. The van der Waals surface area contributed by atoms with Gasteiger partial charge in [-0.3, -0.25) is 4.79 Å². The molecule has 0 bridgehead atoms. The predicted molar refractivity (Wildman–Crippen MR) is 92.5 cm³/mol. The molecule has 0 fully saturated rings. The molecule has 1 aromatic carbocycles. The first-order chi connectivity index (χ1) is 11.0. The van der Waals surface area contributed by atoms with E-state index in [2.05, 4.69) is 48.5 Å². The molecule has 0 aliphatic heterocycles. The topological polar surface area (TPSA) is 72.7 Å². The number of carbonyl (C=O) groups is 1. The average molecular weight is 333 g/mol. The monoisotopic (exact) mass is 333 g/mol. The number of benzene rings is 1. The Kier molecular flexibility index (Phi) is 6.15. The highest BCUT2D eigenvalue weighted by Gasteiger charge is 2.13. The van der Waals surface area contributed by atoms with E-state index < -0.39 is 0 Å². The van der Waals surface area contributed by atoms with Gasteiger partial charge in [-0.05, 0) is 33.9 Å². The van der Waals surface area contributed by atoms with Crippen LogP contribution >= 0.6 is 11.8 Å². The van der Waals surface area contributed by atoms with Crippen molar-refractivity contribution in [2.75, 3.05) is 11.1 Å². The van der Waals surface area contributed by atoms with Gasteiger partial charge in [0.1, 0.15) is 0 Å². The summed E-state index contributed by atoms with van der Waals surface area (Å²) < 4.78 is 1.74. The second-order valence-corrected chi connectivity index (χ2v) is 7.06. The SMILES string of the molecule is CC(C)Cn1nnnc1SCC(=O)Nc1ccccc1C(C)C. The van der Waals surface area contributed by atoms with E-state index >= 15 is 0 Å².